The number of carbonyl (C=O) groups excluding carboxylic acids is 2. The zero-order valence-electron chi connectivity index (χ0n) is 17.3. The number of esters is 1. The van der Waals surface area contributed by atoms with Crippen LogP contribution in [0.5, 0.6) is 0 Å². The first-order chi connectivity index (χ1) is 15.3. The largest absolute Gasteiger partial charge is 0.464 e. The van der Waals surface area contributed by atoms with Gasteiger partial charge in [-0.15, -0.1) is 0 Å². The van der Waals surface area contributed by atoms with Gasteiger partial charge in [0.2, 0.25) is 9.37 Å². The minimum absolute atomic E-state index is 0.0247. The molecular weight excluding hydrogens is 452 g/mol. The van der Waals surface area contributed by atoms with E-state index in [1.807, 2.05) is 35.2 Å². The van der Waals surface area contributed by atoms with Crippen LogP contribution in [0.15, 0.2) is 70.3 Å². The van der Waals surface area contributed by atoms with Gasteiger partial charge in [-0.2, -0.15) is 5.10 Å². The van der Waals surface area contributed by atoms with Gasteiger partial charge >= 0.3 is 5.97 Å². The number of Topliss-reactive ketones (excluding diaryl/α,β-unsaturated/α-hetero) is 1. The highest BCUT2D eigenvalue weighted by atomic mass is 32.2. The zero-order valence-corrected chi connectivity index (χ0v) is 19.0. The van der Waals surface area contributed by atoms with E-state index in [-0.39, 0.29) is 22.2 Å². The lowest BCUT2D eigenvalue weighted by Crippen LogP contribution is -2.49. The van der Waals surface area contributed by atoms with Crippen molar-refractivity contribution in [1.82, 2.24) is 0 Å². The smallest absolute Gasteiger partial charge is 0.365 e. The molecule has 0 amide bonds. The molecule has 164 valence electrons. The molecule has 2 aromatic rings. The lowest BCUT2D eigenvalue weighted by atomic mass is 10.2. The number of methoxy groups -OCH3 is 1. The summed E-state index contributed by atoms with van der Waals surface area (Å²) in [5.41, 5.74) is 1.41. The predicted molar refractivity (Wildman–Crippen MR) is 125 cm³/mol. The molecule has 1 spiro atoms. The molecule has 4 rings (SSSR count). The highest BCUT2D eigenvalue weighted by Crippen LogP contribution is 2.60. The van der Waals surface area contributed by atoms with Crippen LogP contribution in [0, 0.1) is 10.1 Å². The molecule has 2 aliphatic heterocycles. The van der Waals surface area contributed by atoms with Crippen LogP contribution in [0.4, 0.5) is 17.1 Å². The fourth-order valence-electron chi connectivity index (χ4n) is 3.55. The molecular formula is C21H18N4O5S2. The summed E-state index contributed by atoms with van der Waals surface area (Å²) in [4.78, 5) is 38.6. The summed E-state index contributed by atoms with van der Waals surface area (Å²) in [6, 6.07) is 15.4. The predicted octanol–water partition coefficient (Wildman–Crippen LogP) is 4.32. The van der Waals surface area contributed by atoms with Gasteiger partial charge in [0.05, 0.1) is 16.9 Å². The lowest BCUT2D eigenvalue weighted by Gasteiger charge is -2.41. The minimum Gasteiger partial charge on any atom is -0.464 e. The quantitative estimate of drug-likeness (QED) is 0.359. The number of hydrazone groups is 1. The van der Waals surface area contributed by atoms with E-state index < -0.39 is 15.2 Å². The Hall–Kier alpha value is -3.31. The fourth-order valence-corrected chi connectivity index (χ4v) is 6.51. The molecule has 0 N–H and O–H groups in total. The van der Waals surface area contributed by atoms with Crippen LogP contribution in [-0.4, -0.2) is 33.2 Å². The normalized spacial score (nSPS) is 20.0. The van der Waals surface area contributed by atoms with Crippen molar-refractivity contribution >= 4 is 57.4 Å². The van der Waals surface area contributed by atoms with E-state index in [2.05, 4.69) is 5.10 Å². The number of anilines is 2. The van der Waals surface area contributed by atoms with Crippen molar-refractivity contribution in [3.05, 3.63) is 75.3 Å². The number of allylic oxidation sites excluding steroid dienone is 2. The number of para-hydroxylation sites is 3. The van der Waals surface area contributed by atoms with Gasteiger partial charge in [-0.05, 0) is 43.8 Å². The van der Waals surface area contributed by atoms with Crippen molar-refractivity contribution < 1.29 is 19.2 Å². The summed E-state index contributed by atoms with van der Waals surface area (Å²) in [6.45, 7) is 3.27. The first kappa shape index (κ1) is 21.9. The Labute approximate surface area is 192 Å². The van der Waals surface area contributed by atoms with Gasteiger partial charge in [0.15, 0.2) is 5.78 Å². The van der Waals surface area contributed by atoms with Crippen molar-refractivity contribution in [2.24, 2.45) is 5.10 Å². The maximum absolute atomic E-state index is 12.5. The van der Waals surface area contributed by atoms with E-state index in [1.54, 1.807) is 25.1 Å². The molecule has 0 unspecified atom stereocenters. The highest BCUT2D eigenvalue weighted by Gasteiger charge is 2.58. The number of nitrogens with zero attached hydrogens (tertiary/aromatic N) is 4. The molecule has 32 heavy (non-hydrogen) atoms. The average Bonchev–Trinajstić information content (AvgIpc) is 3.31. The second-order valence-electron chi connectivity index (χ2n) is 6.85. The van der Waals surface area contributed by atoms with Crippen LogP contribution in [0.25, 0.3) is 0 Å². The average molecular weight is 471 g/mol. The van der Waals surface area contributed by atoms with Gasteiger partial charge < -0.3 is 9.64 Å². The number of nitro benzene ring substituents is 1. The molecule has 0 aliphatic carbocycles. The Bertz CT molecular complexity index is 1180. The van der Waals surface area contributed by atoms with E-state index in [4.69, 9.17) is 4.74 Å². The number of hydrogen-bond donors (Lipinski definition) is 0. The molecule has 0 saturated carbocycles. The van der Waals surface area contributed by atoms with Gasteiger partial charge in [0, 0.05) is 17.5 Å². The molecule has 11 heteroatoms. The van der Waals surface area contributed by atoms with Crippen molar-refractivity contribution in [1.29, 1.82) is 0 Å². The molecule has 0 aromatic heterocycles. The van der Waals surface area contributed by atoms with Crippen molar-refractivity contribution in [3.8, 4) is 0 Å². The van der Waals surface area contributed by atoms with E-state index in [1.165, 1.54) is 36.9 Å². The Morgan fingerprint density at radius 3 is 2.38 bits per heavy atom. The van der Waals surface area contributed by atoms with E-state index in [9.17, 15) is 19.7 Å². The third-order valence-electron chi connectivity index (χ3n) is 4.87. The Kier molecular flexibility index (Phi) is 5.70. The first-order valence-electron chi connectivity index (χ1n) is 9.46. The molecule has 0 saturated heterocycles. The highest BCUT2D eigenvalue weighted by molar-refractivity contribution is 8.29. The minimum atomic E-state index is -1.22. The second kappa shape index (κ2) is 8.32. The first-order valence-corrected chi connectivity index (χ1v) is 11.1. The number of ketones is 1. The van der Waals surface area contributed by atoms with Gasteiger partial charge in [0.1, 0.15) is 5.69 Å². The summed E-state index contributed by atoms with van der Waals surface area (Å²) >= 11 is 2.27. The van der Waals surface area contributed by atoms with Crippen LogP contribution in [0.1, 0.15) is 13.8 Å². The Morgan fingerprint density at radius 1 is 1.09 bits per heavy atom. The van der Waals surface area contributed by atoms with Crippen LogP contribution >= 0.6 is 23.5 Å². The third kappa shape index (κ3) is 3.43. The molecule has 0 radical (unpaired) electrons. The van der Waals surface area contributed by atoms with Gasteiger partial charge in [-0.1, -0.05) is 42.1 Å². The summed E-state index contributed by atoms with van der Waals surface area (Å²) in [5, 5.41) is 17.7. The lowest BCUT2D eigenvalue weighted by molar-refractivity contribution is -0.384. The number of thioether (sulfide) groups is 2. The second-order valence-corrected chi connectivity index (χ2v) is 9.45. The van der Waals surface area contributed by atoms with Gasteiger partial charge in [-0.25, -0.2) is 9.80 Å². The number of nitro groups is 1. The summed E-state index contributed by atoms with van der Waals surface area (Å²) < 4.78 is 3.66. The molecule has 2 heterocycles. The topological polar surface area (TPSA) is 105 Å². The van der Waals surface area contributed by atoms with E-state index >= 15 is 0 Å². The summed E-state index contributed by atoms with van der Waals surface area (Å²) in [6.07, 6.45) is 0. The molecule has 0 bridgehead atoms. The number of rotatable bonds is 5. The van der Waals surface area contributed by atoms with Crippen LogP contribution in [0.2, 0.25) is 0 Å². The Morgan fingerprint density at radius 2 is 1.75 bits per heavy atom. The maximum Gasteiger partial charge on any atom is 0.365 e. The SMILES string of the molecule is COC(=O)C1=NN(c2ccccc2[N+](=O)[O-])[C@]2(S1)SC(C(C)=O)=C(C)N2c1ccccc1. The maximum atomic E-state index is 12.5. The Balaban J connectivity index is 1.97. The van der Waals surface area contributed by atoms with Gasteiger partial charge in [-0.3, -0.25) is 14.9 Å². The van der Waals surface area contributed by atoms with E-state index in [0.717, 1.165) is 17.4 Å². The van der Waals surface area contributed by atoms with Crippen molar-refractivity contribution in [2.75, 3.05) is 17.0 Å². The molecule has 1 atom stereocenters. The fraction of sp³-hybridized carbons (Fsp3) is 0.190. The molecule has 2 aromatic carbocycles. The van der Waals surface area contributed by atoms with Crippen LogP contribution in [-0.2, 0) is 14.3 Å². The van der Waals surface area contributed by atoms with Crippen molar-refractivity contribution in [3.63, 3.8) is 0 Å². The van der Waals surface area contributed by atoms with Crippen LogP contribution < -0.4 is 9.91 Å². The molecule has 0 fully saturated rings. The number of carbonyl (C=O) groups is 2. The monoisotopic (exact) mass is 470 g/mol. The molecule has 9 nitrogen and oxygen atoms in total. The van der Waals surface area contributed by atoms with Gasteiger partial charge in [0.25, 0.3) is 5.69 Å². The number of benzene rings is 2. The number of hydrogen-bond acceptors (Lipinski definition) is 10. The zero-order chi connectivity index (χ0) is 23.0. The molecule has 2 aliphatic rings. The number of ether oxygens (including phenoxy) is 1. The summed E-state index contributed by atoms with van der Waals surface area (Å²) in [5.74, 6) is -0.821. The standard InChI is InChI=1S/C21H18N4O5S2/c1-13-18(14(2)26)31-21(23(13)15-9-5-4-6-10-15)24(22-19(32-21)20(27)30-3)16-11-7-8-12-17(16)25(28)29/h4-12H,1-3H3/t21-/m0/s1. The van der Waals surface area contributed by atoms with Crippen molar-refractivity contribution in [2.45, 2.75) is 18.2 Å². The van der Waals surface area contributed by atoms with Crippen LogP contribution in [0.3, 0.4) is 0 Å². The van der Waals surface area contributed by atoms with E-state index in [0.29, 0.717) is 10.6 Å². The summed E-state index contributed by atoms with van der Waals surface area (Å²) in [7, 11) is 1.24. The third-order valence-corrected chi connectivity index (χ3v) is 7.84.